The second-order valence-corrected chi connectivity index (χ2v) is 9.51. The highest BCUT2D eigenvalue weighted by Crippen LogP contribution is 2.38. The van der Waals surface area contributed by atoms with Crippen molar-refractivity contribution < 1.29 is 14.3 Å². The van der Waals surface area contributed by atoms with Gasteiger partial charge in [-0.05, 0) is 89.6 Å². The fraction of sp³-hybridized carbons (Fsp3) is 0.0645. The van der Waals surface area contributed by atoms with Crippen molar-refractivity contribution in [1.82, 2.24) is 5.32 Å². The zero-order chi connectivity index (χ0) is 26.2. The molecule has 2 aliphatic heterocycles. The summed E-state index contributed by atoms with van der Waals surface area (Å²) in [5.41, 5.74) is 5.97. The van der Waals surface area contributed by atoms with E-state index >= 15 is 0 Å². The lowest BCUT2D eigenvalue weighted by molar-refractivity contribution is -0.122. The van der Waals surface area contributed by atoms with Crippen LogP contribution in [-0.4, -0.2) is 24.0 Å². The number of ether oxygens (including phenoxy) is 1. The molecule has 2 aliphatic rings. The van der Waals surface area contributed by atoms with Gasteiger partial charge in [0.15, 0.2) is 5.11 Å². The minimum Gasteiger partial charge on any atom is -0.457 e. The van der Waals surface area contributed by atoms with Gasteiger partial charge in [-0.2, -0.15) is 0 Å². The highest BCUT2D eigenvalue weighted by Gasteiger charge is 2.34. The number of anilines is 3. The van der Waals surface area contributed by atoms with Gasteiger partial charge < -0.3 is 9.64 Å². The zero-order valence-corrected chi connectivity index (χ0v) is 21.4. The number of hydrogen-bond acceptors (Lipinski definition) is 5. The van der Waals surface area contributed by atoms with Gasteiger partial charge in [0.1, 0.15) is 17.1 Å². The first-order valence-corrected chi connectivity index (χ1v) is 12.6. The van der Waals surface area contributed by atoms with Crippen molar-refractivity contribution in [2.24, 2.45) is 0 Å². The molecule has 6 nitrogen and oxygen atoms in total. The van der Waals surface area contributed by atoms with E-state index in [4.69, 9.17) is 17.0 Å². The van der Waals surface area contributed by atoms with Crippen LogP contribution < -0.4 is 19.9 Å². The minimum absolute atomic E-state index is 0.0210. The van der Waals surface area contributed by atoms with E-state index in [1.165, 1.54) is 16.2 Å². The fourth-order valence-electron chi connectivity index (χ4n) is 4.83. The van der Waals surface area contributed by atoms with Crippen LogP contribution in [0.1, 0.15) is 16.7 Å². The number of carbonyl (C=O) groups is 2. The first-order valence-electron chi connectivity index (χ1n) is 12.2. The maximum Gasteiger partial charge on any atom is 0.270 e. The van der Waals surface area contributed by atoms with Gasteiger partial charge in [-0.3, -0.25) is 19.8 Å². The minimum atomic E-state index is -0.513. The standard InChI is InChI=1S/C31H23N3O3S/c1-33-27-10-6-5-7-21(27)19-22-17-20(11-16-28(22)33)18-26-29(35)32-31(38)34(30(26)36)23-12-14-25(15-13-23)37-24-8-3-2-4-9-24/h2-18H,19H2,1H3,(H,32,35,38). The molecule has 1 N–H and O–H groups in total. The van der Waals surface area contributed by atoms with Crippen molar-refractivity contribution in [2.45, 2.75) is 6.42 Å². The topological polar surface area (TPSA) is 61.9 Å². The van der Waals surface area contributed by atoms with Crippen LogP contribution in [0, 0.1) is 0 Å². The predicted octanol–water partition coefficient (Wildman–Crippen LogP) is 5.98. The Kier molecular flexibility index (Phi) is 5.98. The zero-order valence-electron chi connectivity index (χ0n) is 20.5. The molecule has 0 spiro atoms. The second kappa shape index (κ2) is 9.61. The summed E-state index contributed by atoms with van der Waals surface area (Å²) in [5, 5.41) is 2.69. The third-order valence-electron chi connectivity index (χ3n) is 6.69. The van der Waals surface area contributed by atoms with Gasteiger partial charge in [0.2, 0.25) is 0 Å². The molecule has 38 heavy (non-hydrogen) atoms. The van der Waals surface area contributed by atoms with Gasteiger partial charge in [0, 0.05) is 24.8 Å². The molecule has 0 radical (unpaired) electrons. The molecule has 4 aromatic carbocycles. The van der Waals surface area contributed by atoms with Gasteiger partial charge >= 0.3 is 0 Å². The van der Waals surface area contributed by atoms with E-state index in [9.17, 15) is 9.59 Å². The largest absolute Gasteiger partial charge is 0.457 e. The third kappa shape index (κ3) is 4.33. The van der Waals surface area contributed by atoms with Crippen LogP contribution in [-0.2, 0) is 16.0 Å². The van der Waals surface area contributed by atoms with Crippen molar-refractivity contribution in [2.75, 3.05) is 16.8 Å². The Morgan fingerprint density at radius 3 is 2.29 bits per heavy atom. The molecule has 0 bridgehead atoms. The number of thiocarbonyl (C=S) groups is 1. The molecule has 186 valence electrons. The Balaban J connectivity index is 1.27. The Labute approximate surface area is 225 Å². The first kappa shape index (κ1) is 23.6. The summed E-state index contributed by atoms with van der Waals surface area (Å²) in [6.07, 6.45) is 2.40. The SMILES string of the molecule is CN1c2ccccc2Cc2cc(C=C3C(=O)NC(=S)N(c4ccc(Oc5ccccc5)cc4)C3=O)ccc21. The number of fused-ring (bicyclic) bond motifs is 2. The average Bonchev–Trinajstić information content (AvgIpc) is 2.92. The van der Waals surface area contributed by atoms with E-state index in [2.05, 4.69) is 22.3 Å². The normalized spacial score (nSPS) is 15.7. The molecular formula is C31H23N3O3S. The molecule has 0 aliphatic carbocycles. The number of rotatable bonds is 4. The molecule has 6 rings (SSSR count). The number of hydrogen-bond donors (Lipinski definition) is 1. The van der Waals surface area contributed by atoms with E-state index in [1.807, 2.05) is 67.7 Å². The van der Waals surface area contributed by atoms with Gasteiger partial charge in [0.05, 0.1) is 5.69 Å². The average molecular weight is 518 g/mol. The molecule has 1 saturated heterocycles. The van der Waals surface area contributed by atoms with Crippen molar-refractivity contribution in [1.29, 1.82) is 0 Å². The summed E-state index contributed by atoms with van der Waals surface area (Å²) in [6.45, 7) is 0. The Morgan fingerprint density at radius 2 is 1.50 bits per heavy atom. The summed E-state index contributed by atoms with van der Waals surface area (Å²) in [6, 6.07) is 30.7. The van der Waals surface area contributed by atoms with Crippen LogP contribution in [0.5, 0.6) is 11.5 Å². The number of benzene rings is 4. The smallest absolute Gasteiger partial charge is 0.270 e. The third-order valence-corrected chi connectivity index (χ3v) is 6.97. The molecule has 0 aromatic heterocycles. The van der Waals surface area contributed by atoms with Crippen LogP contribution in [0.4, 0.5) is 17.1 Å². The quantitative estimate of drug-likeness (QED) is 0.205. The van der Waals surface area contributed by atoms with E-state index in [0.29, 0.717) is 17.2 Å². The van der Waals surface area contributed by atoms with E-state index in [1.54, 1.807) is 30.3 Å². The lowest BCUT2D eigenvalue weighted by atomic mass is 9.94. The number of nitrogens with one attached hydrogen (secondary N) is 1. The van der Waals surface area contributed by atoms with Crippen LogP contribution in [0.15, 0.2) is 103 Å². The van der Waals surface area contributed by atoms with Gasteiger partial charge in [-0.1, -0.05) is 42.5 Å². The molecule has 1 fully saturated rings. The molecular weight excluding hydrogens is 494 g/mol. The maximum absolute atomic E-state index is 13.5. The van der Waals surface area contributed by atoms with E-state index in [-0.39, 0.29) is 10.7 Å². The van der Waals surface area contributed by atoms with Gasteiger partial charge in [0.25, 0.3) is 11.8 Å². The lowest BCUT2D eigenvalue weighted by Crippen LogP contribution is -2.54. The Morgan fingerprint density at radius 1 is 0.816 bits per heavy atom. The van der Waals surface area contributed by atoms with Crippen LogP contribution in [0.25, 0.3) is 6.08 Å². The highest BCUT2D eigenvalue weighted by molar-refractivity contribution is 7.80. The molecule has 2 heterocycles. The van der Waals surface area contributed by atoms with Crippen molar-refractivity contribution in [3.8, 4) is 11.5 Å². The van der Waals surface area contributed by atoms with Crippen molar-refractivity contribution in [3.05, 3.63) is 119 Å². The predicted molar refractivity (Wildman–Crippen MR) is 153 cm³/mol. The van der Waals surface area contributed by atoms with Gasteiger partial charge in [-0.15, -0.1) is 0 Å². The second-order valence-electron chi connectivity index (χ2n) is 9.12. The summed E-state index contributed by atoms with van der Waals surface area (Å²) in [4.78, 5) is 29.8. The number of amides is 2. The maximum atomic E-state index is 13.5. The first-order chi connectivity index (χ1) is 18.5. The molecule has 0 saturated carbocycles. The summed E-state index contributed by atoms with van der Waals surface area (Å²) < 4.78 is 5.85. The summed E-state index contributed by atoms with van der Waals surface area (Å²) >= 11 is 5.36. The van der Waals surface area contributed by atoms with Crippen molar-refractivity contribution in [3.63, 3.8) is 0 Å². The van der Waals surface area contributed by atoms with Crippen molar-refractivity contribution >= 4 is 52.3 Å². The monoisotopic (exact) mass is 517 g/mol. The Hall–Kier alpha value is -4.75. The van der Waals surface area contributed by atoms with E-state index < -0.39 is 11.8 Å². The fourth-order valence-corrected chi connectivity index (χ4v) is 5.11. The lowest BCUT2D eigenvalue weighted by Gasteiger charge is -2.30. The molecule has 7 heteroatoms. The number of para-hydroxylation sites is 2. The summed E-state index contributed by atoms with van der Waals surface area (Å²) in [5.74, 6) is 0.342. The Bertz CT molecular complexity index is 1610. The van der Waals surface area contributed by atoms with Gasteiger partial charge in [-0.25, -0.2) is 0 Å². The van der Waals surface area contributed by atoms with Crippen LogP contribution in [0.3, 0.4) is 0 Å². The molecule has 0 unspecified atom stereocenters. The number of carbonyl (C=O) groups excluding carboxylic acids is 2. The highest BCUT2D eigenvalue weighted by atomic mass is 32.1. The molecule has 0 atom stereocenters. The van der Waals surface area contributed by atoms with Crippen LogP contribution >= 0.6 is 12.2 Å². The van der Waals surface area contributed by atoms with Crippen LogP contribution in [0.2, 0.25) is 0 Å². The molecule has 4 aromatic rings. The molecule has 2 amide bonds. The van der Waals surface area contributed by atoms with E-state index in [0.717, 1.165) is 23.2 Å². The number of nitrogens with zero attached hydrogens (tertiary/aromatic N) is 2. The summed E-state index contributed by atoms with van der Waals surface area (Å²) in [7, 11) is 2.04.